The topological polar surface area (TPSA) is 66.7 Å². The quantitative estimate of drug-likeness (QED) is 0.793. The second kappa shape index (κ2) is 4.85. The van der Waals surface area contributed by atoms with Crippen molar-refractivity contribution in [3.63, 3.8) is 0 Å². The van der Waals surface area contributed by atoms with Gasteiger partial charge in [-0.15, -0.1) is 0 Å². The van der Waals surface area contributed by atoms with Gasteiger partial charge in [0.15, 0.2) is 0 Å². The van der Waals surface area contributed by atoms with Gasteiger partial charge in [-0.25, -0.2) is 4.98 Å². The molecule has 0 saturated heterocycles. The smallest absolute Gasteiger partial charge is 0.201 e. The summed E-state index contributed by atoms with van der Waals surface area (Å²) in [4.78, 5) is 7.96. The minimum absolute atomic E-state index is 0.00781. The minimum atomic E-state index is -0.00781. The largest absolute Gasteiger partial charge is 0.349 e. The zero-order valence-electron chi connectivity index (χ0n) is 11.4. The maximum Gasteiger partial charge on any atom is 0.201 e. The molecule has 2 unspecified atom stereocenters. The van der Waals surface area contributed by atoms with Gasteiger partial charge in [0, 0.05) is 6.54 Å². The molecule has 0 amide bonds. The zero-order chi connectivity index (χ0) is 13.3. The van der Waals surface area contributed by atoms with Crippen LogP contribution in [0.5, 0.6) is 0 Å². The van der Waals surface area contributed by atoms with Gasteiger partial charge in [-0.2, -0.15) is 0 Å². The SMILES string of the molecule is CC1CCCCC1(CN)Nc1nc2ccccc2[nH]1. The molecule has 2 atom stereocenters. The lowest BCUT2D eigenvalue weighted by molar-refractivity contribution is 0.234. The summed E-state index contributed by atoms with van der Waals surface area (Å²) in [5.74, 6) is 1.43. The van der Waals surface area contributed by atoms with Crippen molar-refractivity contribution in [1.82, 2.24) is 9.97 Å². The van der Waals surface area contributed by atoms with Crippen LogP contribution in [-0.2, 0) is 0 Å². The van der Waals surface area contributed by atoms with Gasteiger partial charge in [0.05, 0.1) is 16.6 Å². The highest BCUT2D eigenvalue weighted by molar-refractivity contribution is 5.77. The van der Waals surface area contributed by atoms with Crippen molar-refractivity contribution < 1.29 is 0 Å². The Bertz CT molecular complexity index is 529. The Hall–Kier alpha value is -1.55. The fraction of sp³-hybridized carbons (Fsp3) is 0.533. The van der Waals surface area contributed by atoms with E-state index in [2.05, 4.69) is 22.2 Å². The van der Waals surface area contributed by atoms with E-state index in [1.54, 1.807) is 0 Å². The molecule has 0 spiro atoms. The molecule has 1 fully saturated rings. The lowest BCUT2D eigenvalue weighted by Crippen LogP contribution is -2.52. The Labute approximate surface area is 113 Å². The van der Waals surface area contributed by atoms with Crippen molar-refractivity contribution in [2.75, 3.05) is 11.9 Å². The standard InChI is InChI=1S/C15H22N4/c1-11-6-4-5-9-15(11,10-16)19-14-17-12-7-2-3-8-13(12)18-14/h2-3,7-8,11H,4-6,9-10,16H2,1H3,(H2,17,18,19). The van der Waals surface area contributed by atoms with Gasteiger partial charge in [0.1, 0.15) is 0 Å². The van der Waals surface area contributed by atoms with Crippen LogP contribution in [0, 0.1) is 5.92 Å². The van der Waals surface area contributed by atoms with Gasteiger partial charge in [-0.1, -0.05) is 31.9 Å². The lowest BCUT2D eigenvalue weighted by atomic mass is 9.73. The average Bonchev–Trinajstić information content (AvgIpc) is 2.83. The Morgan fingerprint density at radius 3 is 3.00 bits per heavy atom. The van der Waals surface area contributed by atoms with Crippen molar-refractivity contribution in [1.29, 1.82) is 0 Å². The van der Waals surface area contributed by atoms with E-state index in [9.17, 15) is 0 Å². The molecule has 0 radical (unpaired) electrons. The number of benzene rings is 1. The molecule has 1 saturated carbocycles. The van der Waals surface area contributed by atoms with Crippen LogP contribution >= 0.6 is 0 Å². The van der Waals surface area contributed by atoms with Crippen LogP contribution in [0.1, 0.15) is 32.6 Å². The Morgan fingerprint density at radius 2 is 2.26 bits per heavy atom. The van der Waals surface area contributed by atoms with E-state index >= 15 is 0 Å². The second-order valence-electron chi connectivity index (χ2n) is 5.73. The molecule has 1 aromatic carbocycles. The molecule has 1 aliphatic carbocycles. The molecule has 4 nitrogen and oxygen atoms in total. The number of para-hydroxylation sites is 2. The predicted molar refractivity (Wildman–Crippen MR) is 79.1 cm³/mol. The molecular formula is C15H22N4. The third kappa shape index (κ3) is 2.21. The number of nitrogens with one attached hydrogen (secondary N) is 2. The van der Waals surface area contributed by atoms with E-state index in [-0.39, 0.29) is 5.54 Å². The van der Waals surface area contributed by atoms with Crippen LogP contribution in [0.15, 0.2) is 24.3 Å². The number of nitrogens with two attached hydrogens (primary N) is 1. The number of rotatable bonds is 3. The summed E-state index contributed by atoms with van der Waals surface area (Å²) < 4.78 is 0. The van der Waals surface area contributed by atoms with Crippen LogP contribution in [-0.4, -0.2) is 22.1 Å². The summed E-state index contributed by atoms with van der Waals surface area (Å²) in [5.41, 5.74) is 8.13. The number of H-pyrrole nitrogens is 1. The fourth-order valence-electron chi connectivity index (χ4n) is 3.20. The fourth-order valence-corrected chi connectivity index (χ4v) is 3.20. The predicted octanol–water partition coefficient (Wildman–Crippen LogP) is 2.88. The number of hydrogen-bond donors (Lipinski definition) is 3. The van der Waals surface area contributed by atoms with E-state index in [0.29, 0.717) is 12.5 Å². The molecule has 1 aromatic heterocycles. The Kier molecular flexibility index (Phi) is 3.19. The van der Waals surface area contributed by atoms with Crippen LogP contribution in [0.3, 0.4) is 0 Å². The summed E-state index contributed by atoms with van der Waals surface area (Å²) in [7, 11) is 0. The number of hydrogen-bond acceptors (Lipinski definition) is 3. The van der Waals surface area contributed by atoms with E-state index in [1.165, 1.54) is 19.3 Å². The Morgan fingerprint density at radius 1 is 1.42 bits per heavy atom. The number of imidazole rings is 1. The molecule has 19 heavy (non-hydrogen) atoms. The zero-order valence-corrected chi connectivity index (χ0v) is 11.4. The van der Waals surface area contributed by atoms with E-state index in [1.807, 2.05) is 24.3 Å². The number of fused-ring (bicyclic) bond motifs is 1. The molecule has 4 N–H and O–H groups in total. The number of aromatic nitrogens is 2. The highest BCUT2D eigenvalue weighted by Gasteiger charge is 2.37. The van der Waals surface area contributed by atoms with Crippen LogP contribution in [0.2, 0.25) is 0 Å². The molecule has 1 aliphatic rings. The van der Waals surface area contributed by atoms with Crippen LogP contribution < -0.4 is 11.1 Å². The molecule has 102 valence electrons. The third-order valence-electron chi connectivity index (χ3n) is 4.57. The molecular weight excluding hydrogens is 236 g/mol. The monoisotopic (exact) mass is 258 g/mol. The minimum Gasteiger partial charge on any atom is -0.349 e. The third-order valence-corrected chi connectivity index (χ3v) is 4.57. The average molecular weight is 258 g/mol. The maximum absolute atomic E-state index is 6.07. The second-order valence-corrected chi connectivity index (χ2v) is 5.73. The van der Waals surface area contributed by atoms with Crippen LogP contribution in [0.25, 0.3) is 11.0 Å². The number of nitrogens with zero attached hydrogens (tertiary/aromatic N) is 1. The Balaban J connectivity index is 1.89. The molecule has 2 aromatic rings. The maximum atomic E-state index is 6.07. The van der Waals surface area contributed by atoms with Crippen LogP contribution in [0.4, 0.5) is 5.95 Å². The van der Waals surface area contributed by atoms with Crippen molar-refractivity contribution in [3.05, 3.63) is 24.3 Å². The first kappa shape index (κ1) is 12.5. The first-order valence-electron chi connectivity index (χ1n) is 7.16. The molecule has 4 heteroatoms. The van der Waals surface area contributed by atoms with Gasteiger partial charge >= 0.3 is 0 Å². The normalized spacial score (nSPS) is 27.6. The van der Waals surface area contributed by atoms with Gasteiger partial charge in [-0.05, 0) is 30.9 Å². The number of anilines is 1. The van der Waals surface area contributed by atoms with Gasteiger partial charge in [-0.3, -0.25) is 0 Å². The summed E-state index contributed by atoms with van der Waals surface area (Å²) in [6, 6.07) is 8.10. The summed E-state index contributed by atoms with van der Waals surface area (Å²) >= 11 is 0. The summed E-state index contributed by atoms with van der Waals surface area (Å²) in [6.45, 7) is 2.95. The van der Waals surface area contributed by atoms with Gasteiger partial charge in [0.2, 0.25) is 5.95 Å². The van der Waals surface area contributed by atoms with E-state index in [4.69, 9.17) is 5.73 Å². The van der Waals surface area contributed by atoms with Crippen molar-refractivity contribution in [3.8, 4) is 0 Å². The summed E-state index contributed by atoms with van der Waals surface area (Å²) in [5, 5.41) is 3.59. The van der Waals surface area contributed by atoms with Crippen molar-refractivity contribution >= 4 is 17.0 Å². The molecule has 1 heterocycles. The molecule has 3 rings (SSSR count). The summed E-state index contributed by atoms with van der Waals surface area (Å²) in [6.07, 6.45) is 4.92. The van der Waals surface area contributed by atoms with Gasteiger partial charge < -0.3 is 16.0 Å². The van der Waals surface area contributed by atoms with E-state index in [0.717, 1.165) is 23.4 Å². The lowest BCUT2D eigenvalue weighted by Gasteiger charge is -2.42. The number of aromatic amines is 1. The van der Waals surface area contributed by atoms with Crippen molar-refractivity contribution in [2.45, 2.75) is 38.1 Å². The van der Waals surface area contributed by atoms with Gasteiger partial charge in [0.25, 0.3) is 0 Å². The first-order chi connectivity index (χ1) is 9.23. The highest BCUT2D eigenvalue weighted by Crippen LogP contribution is 2.35. The molecule has 0 bridgehead atoms. The van der Waals surface area contributed by atoms with E-state index < -0.39 is 0 Å². The van der Waals surface area contributed by atoms with Crippen molar-refractivity contribution in [2.24, 2.45) is 11.7 Å². The highest BCUT2D eigenvalue weighted by atomic mass is 15.2. The first-order valence-corrected chi connectivity index (χ1v) is 7.16. The molecule has 0 aliphatic heterocycles.